The van der Waals surface area contributed by atoms with Crippen LogP contribution in [0.1, 0.15) is 11.5 Å². The molecule has 0 aliphatic heterocycles. The number of rotatable bonds is 4. The zero-order valence-electron chi connectivity index (χ0n) is 8.37. The van der Waals surface area contributed by atoms with Crippen molar-refractivity contribution in [2.45, 2.75) is 13.0 Å². The lowest BCUT2D eigenvalue weighted by atomic mass is 10.2. The van der Waals surface area contributed by atoms with E-state index in [1.54, 1.807) is 12.4 Å². The number of aliphatic hydroxyl groups is 1. The summed E-state index contributed by atoms with van der Waals surface area (Å²) >= 11 is 0. The van der Waals surface area contributed by atoms with Gasteiger partial charge in [-0.1, -0.05) is 6.07 Å². The molecule has 0 aliphatic carbocycles. The summed E-state index contributed by atoms with van der Waals surface area (Å²) in [5.41, 5.74) is 0.989. The van der Waals surface area contributed by atoms with E-state index < -0.39 is 0 Å². The second-order valence-corrected chi connectivity index (χ2v) is 3.26. The van der Waals surface area contributed by atoms with Crippen LogP contribution in [-0.2, 0) is 13.0 Å². The highest BCUT2D eigenvalue weighted by Crippen LogP contribution is 2.04. The summed E-state index contributed by atoms with van der Waals surface area (Å²) < 4.78 is 1.94. The second-order valence-electron chi connectivity index (χ2n) is 3.26. The smallest absolute Gasteiger partial charge is 0.114 e. The minimum absolute atomic E-state index is 0.131. The van der Waals surface area contributed by atoms with Crippen LogP contribution in [0.4, 0.5) is 0 Å². The van der Waals surface area contributed by atoms with Crippen LogP contribution in [0.3, 0.4) is 0 Å². The van der Waals surface area contributed by atoms with Crippen LogP contribution in [-0.4, -0.2) is 26.2 Å². The molecule has 2 aromatic rings. The van der Waals surface area contributed by atoms with Crippen molar-refractivity contribution in [2.75, 3.05) is 6.61 Å². The highest BCUT2D eigenvalue weighted by Gasteiger charge is 2.03. The van der Waals surface area contributed by atoms with Crippen molar-refractivity contribution < 1.29 is 5.11 Å². The Bertz CT molecular complexity index is 411. The third-order valence-corrected chi connectivity index (χ3v) is 2.21. The summed E-state index contributed by atoms with van der Waals surface area (Å²) in [6.45, 7) is 0.716. The van der Waals surface area contributed by atoms with Crippen LogP contribution in [0.15, 0.2) is 36.8 Å². The molecule has 0 saturated heterocycles. The highest BCUT2D eigenvalue weighted by molar-refractivity contribution is 5.10. The average molecular weight is 203 g/mol. The van der Waals surface area contributed by atoms with E-state index in [0.29, 0.717) is 13.0 Å². The zero-order chi connectivity index (χ0) is 10.5. The lowest BCUT2D eigenvalue weighted by Crippen LogP contribution is -2.07. The van der Waals surface area contributed by atoms with E-state index >= 15 is 0 Å². The molecule has 0 fully saturated rings. The van der Waals surface area contributed by atoms with E-state index in [1.807, 2.05) is 29.0 Å². The third kappa shape index (κ3) is 2.41. The van der Waals surface area contributed by atoms with Gasteiger partial charge in [0.15, 0.2) is 0 Å². The molecule has 0 unspecified atom stereocenters. The number of imidazole rings is 1. The highest BCUT2D eigenvalue weighted by atomic mass is 16.3. The van der Waals surface area contributed by atoms with Gasteiger partial charge in [0.25, 0.3) is 0 Å². The fourth-order valence-corrected chi connectivity index (χ4v) is 1.48. The third-order valence-electron chi connectivity index (χ3n) is 2.21. The molecule has 1 N–H and O–H groups in total. The molecule has 78 valence electrons. The number of nitrogens with zero attached hydrogens (tertiary/aromatic N) is 3. The van der Waals surface area contributed by atoms with Gasteiger partial charge in [0.05, 0.1) is 6.61 Å². The van der Waals surface area contributed by atoms with Gasteiger partial charge >= 0.3 is 0 Å². The molecule has 0 saturated carbocycles. The largest absolute Gasteiger partial charge is 0.395 e. The second kappa shape index (κ2) is 4.70. The maximum Gasteiger partial charge on any atom is 0.114 e. The van der Waals surface area contributed by atoms with Gasteiger partial charge in [-0.15, -0.1) is 0 Å². The van der Waals surface area contributed by atoms with Gasteiger partial charge < -0.3 is 9.67 Å². The molecule has 0 amide bonds. The number of hydrogen-bond acceptors (Lipinski definition) is 3. The molecule has 15 heavy (non-hydrogen) atoms. The number of aromatic nitrogens is 3. The molecule has 2 aromatic heterocycles. The maximum absolute atomic E-state index is 8.86. The average Bonchev–Trinajstić information content (AvgIpc) is 2.68. The van der Waals surface area contributed by atoms with E-state index in [2.05, 4.69) is 9.97 Å². The SMILES string of the molecule is OCCn1ccnc1Cc1ccccn1. The van der Waals surface area contributed by atoms with Gasteiger partial charge in [-0.3, -0.25) is 4.98 Å². The first-order chi connectivity index (χ1) is 7.40. The van der Waals surface area contributed by atoms with E-state index in [0.717, 1.165) is 11.5 Å². The van der Waals surface area contributed by atoms with Gasteiger partial charge in [0.2, 0.25) is 0 Å². The first kappa shape index (κ1) is 9.86. The molecule has 2 heterocycles. The van der Waals surface area contributed by atoms with Crippen molar-refractivity contribution in [3.05, 3.63) is 48.3 Å². The molecule has 2 rings (SSSR count). The lowest BCUT2D eigenvalue weighted by molar-refractivity contribution is 0.274. The van der Waals surface area contributed by atoms with E-state index in [4.69, 9.17) is 5.11 Å². The van der Waals surface area contributed by atoms with Gasteiger partial charge in [-0.05, 0) is 12.1 Å². The van der Waals surface area contributed by atoms with Crippen molar-refractivity contribution in [1.82, 2.24) is 14.5 Å². The molecule has 4 nitrogen and oxygen atoms in total. The Balaban J connectivity index is 2.14. The number of pyridine rings is 1. The Hall–Kier alpha value is -1.68. The van der Waals surface area contributed by atoms with Crippen molar-refractivity contribution in [1.29, 1.82) is 0 Å². The summed E-state index contributed by atoms with van der Waals surface area (Å²) in [6.07, 6.45) is 6.09. The fraction of sp³-hybridized carbons (Fsp3) is 0.273. The van der Waals surface area contributed by atoms with Crippen molar-refractivity contribution >= 4 is 0 Å². The topological polar surface area (TPSA) is 50.9 Å². The Labute approximate surface area is 88.2 Å². The molecule has 0 radical (unpaired) electrons. The van der Waals surface area contributed by atoms with Crippen LogP contribution in [0.2, 0.25) is 0 Å². The predicted octanol–water partition coefficient (Wildman–Crippen LogP) is 0.861. The van der Waals surface area contributed by atoms with Crippen LogP contribution in [0.25, 0.3) is 0 Å². The first-order valence-electron chi connectivity index (χ1n) is 4.91. The van der Waals surface area contributed by atoms with Crippen LogP contribution >= 0.6 is 0 Å². The molecule has 4 heteroatoms. The first-order valence-corrected chi connectivity index (χ1v) is 4.91. The van der Waals surface area contributed by atoms with Crippen molar-refractivity contribution in [3.8, 4) is 0 Å². The summed E-state index contributed by atoms with van der Waals surface area (Å²) in [5, 5.41) is 8.86. The van der Waals surface area contributed by atoms with E-state index in [-0.39, 0.29) is 6.61 Å². The Morgan fingerprint density at radius 3 is 2.87 bits per heavy atom. The van der Waals surface area contributed by atoms with Gasteiger partial charge in [0, 0.05) is 37.3 Å². The van der Waals surface area contributed by atoms with Crippen LogP contribution in [0, 0.1) is 0 Å². The van der Waals surface area contributed by atoms with Gasteiger partial charge in [-0.25, -0.2) is 4.98 Å². The molecule has 0 spiro atoms. The summed E-state index contributed by atoms with van der Waals surface area (Å²) in [5.74, 6) is 0.933. The maximum atomic E-state index is 8.86. The predicted molar refractivity (Wildman–Crippen MR) is 56.4 cm³/mol. The van der Waals surface area contributed by atoms with Crippen LogP contribution < -0.4 is 0 Å². The Kier molecular flexibility index (Phi) is 3.09. The molecular weight excluding hydrogens is 190 g/mol. The lowest BCUT2D eigenvalue weighted by Gasteiger charge is -2.04. The van der Waals surface area contributed by atoms with E-state index in [9.17, 15) is 0 Å². The summed E-state index contributed by atoms with van der Waals surface area (Å²) in [7, 11) is 0. The van der Waals surface area contributed by atoms with Crippen molar-refractivity contribution in [2.24, 2.45) is 0 Å². The summed E-state index contributed by atoms with van der Waals surface area (Å²) in [6, 6.07) is 5.82. The molecule has 0 atom stereocenters. The van der Waals surface area contributed by atoms with Crippen LogP contribution in [0.5, 0.6) is 0 Å². The quantitative estimate of drug-likeness (QED) is 0.801. The van der Waals surface area contributed by atoms with Crippen molar-refractivity contribution in [3.63, 3.8) is 0 Å². The minimum atomic E-state index is 0.131. The zero-order valence-corrected chi connectivity index (χ0v) is 8.37. The Morgan fingerprint density at radius 1 is 1.20 bits per heavy atom. The minimum Gasteiger partial charge on any atom is -0.395 e. The molecule has 0 bridgehead atoms. The van der Waals surface area contributed by atoms with Gasteiger partial charge in [-0.2, -0.15) is 0 Å². The molecule has 0 aromatic carbocycles. The number of aliphatic hydroxyl groups excluding tert-OH is 1. The fourth-order valence-electron chi connectivity index (χ4n) is 1.48. The van der Waals surface area contributed by atoms with Gasteiger partial charge in [0.1, 0.15) is 5.82 Å². The van der Waals surface area contributed by atoms with E-state index in [1.165, 1.54) is 0 Å². The Morgan fingerprint density at radius 2 is 2.13 bits per heavy atom. The molecular formula is C11H13N3O. The standard InChI is InChI=1S/C11H13N3O/c15-8-7-14-6-5-13-11(14)9-10-3-1-2-4-12-10/h1-6,15H,7-9H2. The number of hydrogen-bond donors (Lipinski definition) is 1. The summed E-state index contributed by atoms with van der Waals surface area (Å²) in [4.78, 5) is 8.48. The molecule has 0 aliphatic rings. The normalized spacial score (nSPS) is 10.5. The monoisotopic (exact) mass is 203 g/mol.